The van der Waals surface area contributed by atoms with Gasteiger partial charge in [-0.3, -0.25) is 9.78 Å². The Morgan fingerprint density at radius 2 is 1.91 bits per heavy atom. The minimum Gasteiger partial charge on any atom is -0.481 e. The van der Waals surface area contributed by atoms with Crippen molar-refractivity contribution in [3.63, 3.8) is 0 Å². The predicted molar refractivity (Wildman–Crippen MR) is 136 cm³/mol. The molecule has 2 aliphatic rings. The number of oxime groups is 1. The van der Waals surface area contributed by atoms with Crippen LogP contribution in [0.1, 0.15) is 57.6 Å². The fraction of sp³-hybridized carbons (Fsp3) is 0.464. The van der Waals surface area contributed by atoms with Gasteiger partial charge in [-0.05, 0) is 69.2 Å². The van der Waals surface area contributed by atoms with E-state index in [1.54, 1.807) is 13.8 Å². The Morgan fingerprint density at radius 1 is 1.20 bits per heavy atom. The maximum atomic E-state index is 11.7. The number of carboxylic acid groups (broad SMARTS) is 1. The first-order chi connectivity index (χ1) is 16.8. The van der Waals surface area contributed by atoms with Crippen LogP contribution in [0.15, 0.2) is 47.9 Å². The fourth-order valence-corrected chi connectivity index (χ4v) is 5.25. The first-order valence-electron chi connectivity index (χ1n) is 12.4. The Morgan fingerprint density at radius 3 is 2.54 bits per heavy atom. The molecule has 7 nitrogen and oxygen atoms in total. The number of pyridine rings is 1. The molecule has 184 valence electrons. The molecular formula is C28H33N3O4. The third kappa shape index (κ3) is 4.33. The molecule has 35 heavy (non-hydrogen) atoms. The number of aliphatic carboxylic acids is 1. The van der Waals surface area contributed by atoms with Crippen molar-refractivity contribution in [2.24, 2.45) is 11.1 Å². The van der Waals surface area contributed by atoms with Crippen LogP contribution in [0, 0.1) is 5.92 Å². The molecule has 2 aromatic heterocycles. The van der Waals surface area contributed by atoms with E-state index in [1.165, 1.54) is 0 Å². The smallest absolute Gasteiger partial charge is 0.313 e. The van der Waals surface area contributed by atoms with Crippen LogP contribution in [0.3, 0.4) is 0 Å². The number of aromatic nitrogens is 2. The van der Waals surface area contributed by atoms with Gasteiger partial charge in [0.1, 0.15) is 6.10 Å². The number of carbonyl (C=O) groups is 1. The van der Waals surface area contributed by atoms with E-state index in [2.05, 4.69) is 22.0 Å². The highest BCUT2D eigenvalue weighted by molar-refractivity contribution is 5.95. The third-order valence-corrected chi connectivity index (χ3v) is 7.63. The lowest BCUT2D eigenvalue weighted by molar-refractivity contribution is -0.142. The number of hydrogen-bond acceptors (Lipinski definition) is 5. The number of benzene rings is 1. The van der Waals surface area contributed by atoms with Crippen LogP contribution in [0.25, 0.3) is 22.2 Å². The molecule has 1 N–H and O–H groups in total. The molecule has 7 heteroatoms. The standard InChI is InChI=1S/C28H33N3O4/c1-17-25(18(2)35-30-17)21-13-24-26(29-14-21)23(16-31(24)15-19-9-11-34-12-10-19)20-5-7-22(8-6-20)28(3,4)27(32)33/h5-8,13-14,16,18-19,25H,9-12,15H2,1-4H3,(H,32,33). The zero-order chi connectivity index (χ0) is 24.7. The number of fused-ring (bicyclic) bond motifs is 1. The maximum absolute atomic E-state index is 11.7. The number of carboxylic acids is 1. The van der Waals surface area contributed by atoms with Gasteiger partial charge in [-0.25, -0.2) is 0 Å². The van der Waals surface area contributed by atoms with Crippen molar-refractivity contribution in [3.05, 3.63) is 53.9 Å². The van der Waals surface area contributed by atoms with E-state index in [4.69, 9.17) is 14.6 Å². The maximum Gasteiger partial charge on any atom is 0.313 e. The minimum absolute atomic E-state index is 0.0160. The number of nitrogens with zero attached hydrogens (tertiary/aromatic N) is 3. The molecule has 0 saturated carbocycles. The van der Waals surface area contributed by atoms with Gasteiger partial charge in [0.05, 0.1) is 28.1 Å². The highest BCUT2D eigenvalue weighted by Crippen LogP contribution is 2.36. The topological polar surface area (TPSA) is 85.9 Å². The van der Waals surface area contributed by atoms with Gasteiger partial charge in [-0.2, -0.15) is 0 Å². The SMILES string of the molecule is CC1=NOC(C)C1c1cnc2c(-c3ccc(C(C)(C)C(=O)O)cc3)cn(CC3CCOCC3)c2c1. The van der Waals surface area contributed by atoms with Gasteiger partial charge in [-0.1, -0.05) is 29.4 Å². The minimum atomic E-state index is -0.942. The lowest BCUT2D eigenvalue weighted by Gasteiger charge is -2.23. The van der Waals surface area contributed by atoms with Crippen LogP contribution >= 0.6 is 0 Å². The molecule has 2 unspecified atom stereocenters. The van der Waals surface area contributed by atoms with Crippen LogP contribution in [-0.2, 0) is 26.3 Å². The monoisotopic (exact) mass is 475 g/mol. The molecule has 0 bridgehead atoms. The second-order valence-electron chi connectivity index (χ2n) is 10.4. The van der Waals surface area contributed by atoms with Gasteiger partial charge < -0.3 is 19.2 Å². The van der Waals surface area contributed by atoms with E-state index in [1.807, 2.05) is 44.3 Å². The normalized spacial score (nSPS) is 21.2. The first kappa shape index (κ1) is 23.5. The Balaban J connectivity index is 1.57. The third-order valence-electron chi connectivity index (χ3n) is 7.63. The summed E-state index contributed by atoms with van der Waals surface area (Å²) < 4.78 is 7.91. The highest BCUT2D eigenvalue weighted by atomic mass is 16.6. The quantitative estimate of drug-likeness (QED) is 0.518. The molecular weight excluding hydrogens is 442 g/mol. The van der Waals surface area contributed by atoms with E-state index >= 15 is 0 Å². The number of ether oxygens (including phenoxy) is 1. The number of hydrogen-bond donors (Lipinski definition) is 1. The molecule has 0 aliphatic carbocycles. The van der Waals surface area contributed by atoms with Gasteiger partial charge in [0.25, 0.3) is 0 Å². The summed E-state index contributed by atoms with van der Waals surface area (Å²) >= 11 is 0. The Bertz CT molecular complexity index is 1270. The van der Waals surface area contributed by atoms with Crippen molar-refractivity contribution in [2.75, 3.05) is 13.2 Å². The average Bonchev–Trinajstić information content (AvgIpc) is 3.38. The Hall–Kier alpha value is -3.19. The lowest BCUT2D eigenvalue weighted by atomic mass is 9.84. The summed E-state index contributed by atoms with van der Waals surface area (Å²) in [7, 11) is 0. The molecule has 4 heterocycles. The van der Waals surface area contributed by atoms with Crippen molar-refractivity contribution in [3.8, 4) is 11.1 Å². The fourth-order valence-electron chi connectivity index (χ4n) is 5.25. The Labute approximate surface area is 205 Å². The molecule has 0 spiro atoms. The van der Waals surface area contributed by atoms with Crippen LogP contribution in [0.2, 0.25) is 0 Å². The number of rotatable bonds is 6. The summed E-state index contributed by atoms with van der Waals surface area (Å²) in [5.41, 5.74) is 6.05. The molecule has 1 aromatic carbocycles. The van der Waals surface area contributed by atoms with E-state index < -0.39 is 11.4 Å². The molecule has 0 radical (unpaired) electrons. The molecule has 2 atom stereocenters. The van der Waals surface area contributed by atoms with Gasteiger partial charge >= 0.3 is 5.97 Å². The molecule has 5 rings (SSSR count). The van der Waals surface area contributed by atoms with E-state index in [-0.39, 0.29) is 12.0 Å². The zero-order valence-electron chi connectivity index (χ0n) is 20.8. The van der Waals surface area contributed by atoms with E-state index in [9.17, 15) is 9.90 Å². The van der Waals surface area contributed by atoms with E-state index in [0.717, 1.165) is 71.6 Å². The first-order valence-corrected chi connectivity index (χ1v) is 12.4. The van der Waals surface area contributed by atoms with Crippen LogP contribution in [-0.4, -0.2) is 45.7 Å². The van der Waals surface area contributed by atoms with Gasteiger partial charge in [0, 0.05) is 37.7 Å². The predicted octanol–water partition coefficient (Wildman–Crippen LogP) is 5.37. The molecule has 2 aliphatic heterocycles. The Kier molecular flexibility index (Phi) is 6.13. The van der Waals surface area contributed by atoms with Crippen molar-refractivity contribution < 1.29 is 19.5 Å². The molecule has 1 saturated heterocycles. The average molecular weight is 476 g/mol. The van der Waals surface area contributed by atoms with Gasteiger partial charge in [0.2, 0.25) is 0 Å². The largest absolute Gasteiger partial charge is 0.481 e. The van der Waals surface area contributed by atoms with Crippen molar-refractivity contribution in [1.82, 2.24) is 9.55 Å². The summed E-state index contributed by atoms with van der Waals surface area (Å²) in [5, 5.41) is 13.8. The second kappa shape index (κ2) is 9.11. The van der Waals surface area contributed by atoms with Crippen molar-refractivity contribution >= 4 is 22.7 Å². The summed E-state index contributed by atoms with van der Waals surface area (Å²) in [4.78, 5) is 22.1. The van der Waals surface area contributed by atoms with Gasteiger partial charge in [-0.15, -0.1) is 0 Å². The van der Waals surface area contributed by atoms with Crippen LogP contribution in [0.4, 0.5) is 0 Å². The van der Waals surface area contributed by atoms with Crippen molar-refractivity contribution in [1.29, 1.82) is 0 Å². The summed E-state index contributed by atoms with van der Waals surface area (Å²) in [5.74, 6) is -0.178. The zero-order valence-corrected chi connectivity index (χ0v) is 20.8. The summed E-state index contributed by atoms with van der Waals surface area (Å²) in [6, 6.07) is 10.1. The van der Waals surface area contributed by atoms with E-state index in [0.29, 0.717) is 5.92 Å². The lowest BCUT2D eigenvalue weighted by Crippen LogP contribution is -2.28. The molecule has 0 amide bonds. The molecule has 1 fully saturated rings. The van der Waals surface area contributed by atoms with Crippen molar-refractivity contribution in [2.45, 2.75) is 64.5 Å². The summed E-state index contributed by atoms with van der Waals surface area (Å²) in [6.45, 7) is 10.0. The highest BCUT2D eigenvalue weighted by Gasteiger charge is 2.31. The van der Waals surface area contributed by atoms with Crippen LogP contribution in [0.5, 0.6) is 0 Å². The summed E-state index contributed by atoms with van der Waals surface area (Å²) in [6.07, 6.45) is 6.24. The van der Waals surface area contributed by atoms with Crippen LogP contribution < -0.4 is 0 Å². The second-order valence-corrected chi connectivity index (χ2v) is 10.4. The molecule has 3 aromatic rings. The van der Waals surface area contributed by atoms with Gasteiger partial charge in [0.15, 0.2) is 0 Å².